The molecule has 0 bridgehead atoms. The smallest absolute Gasteiger partial charge is 0.262 e. The van der Waals surface area contributed by atoms with Crippen molar-refractivity contribution in [2.45, 2.75) is 31.7 Å². The van der Waals surface area contributed by atoms with Gasteiger partial charge in [-0.05, 0) is 26.8 Å². The van der Waals surface area contributed by atoms with Gasteiger partial charge in [-0.15, -0.1) is 0 Å². The highest BCUT2D eigenvalue weighted by atomic mass is 35.7. The maximum Gasteiger partial charge on any atom is 0.262 e. The predicted molar refractivity (Wildman–Crippen MR) is 86.4 cm³/mol. The number of hydrogen-bond donors (Lipinski definition) is 0. The van der Waals surface area contributed by atoms with Crippen LogP contribution in [0.2, 0.25) is 15.1 Å². The Hall–Kier alpha value is -0.200. The first-order chi connectivity index (χ1) is 9.52. The Morgan fingerprint density at radius 1 is 1.24 bits per heavy atom. The van der Waals surface area contributed by atoms with Crippen molar-refractivity contribution in [1.29, 1.82) is 0 Å². The Labute approximate surface area is 143 Å². The molecule has 0 unspecified atom stereocenters. The zero-order valence-electron chi connectivity index (χ0n) is 11.5. The molecule has 0 saturated heterocycles. The second-order valence-corrected chi connectivity index (χ2v) is 8.18. The van der Waals surface area contributed by atoms with Crippen LogP contribution in [0.5, 0.6) is 0 Å². The lowest BCUT2D eigenvalue weighted by Gasteiger charge is -2.26. The molecule has 9 heteroatoms. The number of amides is 1. The molecule has 0 atom stereocenters. The molecular weight excluding hydrogens is 380 g/mol. The summed E-state index contributed by atoms with van der Waals surface area (Å²) in [7, 11) is 1.15. The van der Waals surface area contributed by atoms with E-state index < -0.39 is 19.9 Å². The summed E-state index contributed by atoms with van der Waals surface area (Å²) in [6.45, 7) is 5.81. The molecule has 21 heavy (non-hydrogen) atoms. The lowest BCUT2D eigenvalue weighted by molar-refractivity contribution is 0.0717. The number of hydrogen-bond acceptors (Lipinski definition) is 3. The second kappa shape index (κ2) is 6.92. The van der Waals surface area contributed by atoms with Gasteiger partial charge in [0.25, 0.3) is 15.0 Å². The highest BCUT2D eigenvalue weighted by Crippen LogP contribution is 2.38. The standard InChI is InChI=1S/C12H13Cl4NO3S/c1-4-17(6(2)3)12(18)9-10(14)7(13)5-8(11(9)15)21(16,19)20/h5-6H,4H2,1-3H3. The van der Waals surface area contributed by atoms with E-state index in [2.05, 4.69) is 0 Å². The van der Waals surface area contributed by atoms with Crippen LogP contribution in [0.15, 0.2) is 11.0 Å². The van der Waals surface area contributed by atoms with Gasteiger partial charge >= 0.3 is 0 Å². The molecular formula is C12H13Cl4NO3S. The van der Waals surface area contributed by atoms with Crippen LogP contribution < -0.4 is 0 Å². The fourth-order valence-corrected chi connectivity index (χ4v) is 3.97. The molecule has 1 aromatic rings. The first-order valence-corrected chi connectivity index (χ1v) is 9.39. The van der Waals surface area contributed by atoms with Crippen LogP contribution in [-0.4, -0.2) is 31.8 Å². The van der Waals surface area contributed by atoms with Crippen molar-refractivity contribution in [3.05, 3.63) is 26.7 Å². The zero-order valence-corrected chi connectivity index (χ0v) is 15.3. The van der Waals surface area contributed by atoms with E-state index in [9.17, 15) is 13.2 Å². The summed E-state index contributed by atoms with van der Waals surface area (Å²) < 4.78 is 23.0. The number of benzene rings is 1. The van der Waals surface area contributed by atoms with E-state index in [1.165, 1.54) is 4.90 Å². The molecule has 1 amide bonds. The molecule has 0 N–H and O–H groups in total. The summed E-state index contributed by atoms with van der Waals surface area (Å²) in [5.41, 5.74) is -0.166. The summed E-state index contributed by atoms with van der Waals surface area (Å²) in [6.07, 6.45) is 0. The molecule has 0 heterocycles. The lowest BCUT2D eigenvalue weighted by Crippen LogP contribution is -2.37. The van der Waals surface area contributed by atoms with Crippen LogP contribution in [0.4, 0.5) is 0 Å². The van der Waals surface area contributed by atoms with Crippen molar-refractivity contribution < 1.29 is 13.2 Å². The van der Waals surface area contributed by atoms with E-state index in [1.807, 2.05) is 13.8 Å². The van der Waals surface area contributed by atoms with E-state index in [-0.39, 0.29) is 26.7 Å². The summed E-state index contributed by atoms with van der Waals surface area (Å²) in [4.78, 5) is 13.6. The Morgan fingerprint density at radius 2 is 1.76 bits per heavy atom. The van der Waals surface area contributed by atoms with Gasteiger partial charge in [0.05, 0.1) is 20.6 Å². The summed E-state index contributed by atoms with van der Waals surface area (Å²) >= 11 is 17.9. The maximum absolute atomic E-state index is 12.6. The van der Waals surface area contributed by atoms with Gasteiger partial charge < -0.3 is 4.90 Å². The average Bonchev–Trinajstić information content (AvgIpc) is 2.33. The van der Waals surface area contributed by atoms with Crippen molar-refractivity contribution in [3.63, 3.8) is 0 Å². The Kier molecular flexibility index (Phi) is 6.21. The quantitative estimate of drug-likeness (QED) is 0.561. The molecule has 0 radical (unpaired) electrons. The zero-order chi connectivity index (χ0) is 16.5. The number of carbonyl (C=O) groups excluding carboxylic acids is 1. The summed E-state index contributed by atoms with van der Waals surface area (Å²) in [5.74, 6) is -0.508. The van der Waals surface area contributed by atoms with Gasteiger partial charge in [0.2, 0.25) is 0 Å². The third-order valence-electron chi connectivity index (χ3n) is 2.82. The molecule has 0 fully saturated rings. The Morgan fingerprint density at radius 3 is 2.14 bits per heavy atom. The van der Waals surface area contributed by atoms with Crippen molar-refractivity contribution in [2.75, 3.05) is 6.54 Å². The monoisotopic (exact) mass is 391 g/mol. The van der Waals surface area contributed by atoms with Crippen molar-refractivity contribution >= 4 is 60.4 Å². The third-order valence-corrected chi connectivity index (χ3v) is 5.46. The molecule has 0 aromatic heterocycles. The molecule has 0 spiro atoms. The molecule has 1 rings (SSSR count). The third kappa shape index (κ3) is 3.96. The highest BCUT2D eigenvalue weighted by Gasteiger charge is 2.29. The summed E-state index contributed by atoms with van der Waals surface area (Å²) in [5, 5.41) is -0.540. The van der Waals surface area contributed by atoms with Crippen LogP contribution in [0.1, 0.15) is 31.1 Å². The number of halogens is 4. The first-order valence-electron chi connectivity index (χ1n) is 5.95. The average molecular weight is 393 g/mol. The van der Waals surface area contributed by atoms with Gasteiger partial charge in [-0.1, -0.05) is 34.8 Å². The minimum atomic E-state index is -4.15. The molecule has 0 aliphatic carbocycles. The van der Waals surface area contributed by atoms with Gasteiger partial charge in [-0.2, -0.15) is 0 Å². The van der Waals surface area contributed by atoms with E-state index in [4.69, 9.17) is 45.5 Å². The van der Waals surface area contributed by atoms with E-state index in [1.54, 1.807) is 6.92 Å². The minimum absolute atomic E-state index is 0.102. The SMILES string of the molecule is CCN(C(=O)c1c(Cl)c(Cl)cc(S(=O)(=O)Cl)c1Cl)C(C)C. The normalized spacial score (nSPS) is 11.8. The Balaban J connectivity index is 3.63. The fraction of sp³-hybridized carbons (Fsp3) is 0.417. The van der Waals surface area contributed by atoms with Crippen molar-refractivity contribution in [1.82, 2.24) is 4.90 Å². The predicted octanol–water partition coefficient (Wildman–Crippen LogP) is 4.44. The molecule has 1 aromatic carbocycles. The van der Waals surface area contributed by atoms with Crippen LogP contribution in [-0.2, 0) is 9.05 Å². The van der Waals surface area contributed by atoms with Crippen LogP contribution in [0.3, 0.4) is 0 Å². The lowest BCUT2D eigenvalue weighted by atomic mass is 10.1. The number of rotatable bonds is 4. The van der Waals surface area contributed by atoms with Gasteiger partial charge in [-0.25, -0.2) is 8.42 Å². The van der Waals surface area contributed by atoms with Crippen molar-refractivity contribution in [2.24, 2.45) is 0 Å². The van der Waals surface area contributed by atoms with Crippen LogP contribution in [0.25, 0.3) is 0 Å². The van der Waals surface area contributed by atoms with Gasteiger partial charge in [0.15, 0.2) is 0 Å². The van der Waals surface area contributed by atoms with Gasteiger partial charge in [-0.3, -0.25) is 4.79 Å². The first kappa shape index (κ1) is 18.8. The highest BCUT2D eigenvalue weighted by molar-refractivity contribution is 8.13. The van der Waals surface area contributed by atoms with Crippen LogP contribution >= 0.6 is 45.5 Å². The number of carbonyl (C=O) groups is 1. The van der Waals surface area contributed by atoms with Crippen molar-refractivity contribution in [3.8, 4) is 0 Å². The second-order valence-electron chi connectivity index (χ2n) is 4.48. The minimum Gasteiger partial charge on any atom is -0.336 e. The van der Waals surface area contributed by atoms with E-state index in [0.29, 0.717) is 6.54 Å². The van der Waals surface area contributed by atoms with E-state index in [0.717, 1.165) is 6.07 Å². The molecule has 118 valence electrons. The van der Waals surface area contributed by atoms with Gasteiger partial charge in [0.1, 0.15) is 4.90 Å². The van der Waals surface area contributed by atoms with Gasteiger partial charge in [0, 0.05) is 23.3 Å². The molecule has 4 nitrogen and oxygen atoms in total. The molecule has 0 aliphatic rings. The topological polar surface area (TPSA) is 54.5 Å². The largest absolute Gasteiger partial charge is 0.336 e. The summed E-state index contributed by atoms with van der Waals surface area (Å²) in [6, 6.07) is 0.904. The Bertz CT molecular complexity index is 674. The van der Waals surface area contributed by atoms with E-state index >= 15 is 0 Å². The maximum atomic E-state index is 12.6. The molecule has 0 saturated carbocycles. The molecule has 0 aliphatic heterocycles. The number of nitrogens with zero attached hydrogens (tertiary/aromatic N) is 1. The fourth-order valence-electron chi connectivity index (χ4n) is 1.83. The van der Waals surface area contributed by atoms with Crippen LogP contribution in [0, 0.1) is 0 Å².